The molecule has 140 valence electrons. The van der Waals surface area contributed by atoms with Crippen molar-refractivity contribution in [1.82, 2.24) is 4.90 Å². The molecule has 0 saturated carbocycles. The van der Waals surface area contributed by atoms with E-state index in [2.05, 4.69) is 85.6 Å². The van der Waals surface area contributed by atoms with Crippen molar-refractivity contribution in [3.8, 4) is 0 Å². The molecule has 0 amide bonds. The maximum absolute atomic E-state index is 7.75. The predicted octanol–water partition coefficient (Wildman–Crippen LogP) is 0.646. The first kappa shape index (κ1) is 49.6. The van der Waals surface area contributed by atoms with Crippen LogP contribution in [0.15, 0.2) is 12.2 Å². The Hall–Kier alpha value is -1.66. The van der Waals surface area contributed by atoms with Gasteiger partial charge in [0.25, 0.3) is 0 Å². The van der Waals surface area contributed by atoms with Crippen LogP contribution in [-0.2, 0) is 48.2 Å². The first-order chi connectivity index (χ1) is 10.7. The molecule has 0 N–H and O–H groups in total. The van der Waals surface area contributed by atoms with Gasteiger partial charge in [-0.15, -0.1) is 0 Å². The maximum atomic E-state index is 7.75. The summed E-state index contributed by atoms with van der Waals surface area (Å²) >= 11 is 0. The second-order valence-electron chi connectivity index (χ2n) is 2.77. The van der Waals surface area contributed by atoms with E-state index in [1.807, 2.05) is 0 Å². The third-order valence-electron chi connectivity index (χ3n) is 1.97. The first-order valence-corrected chi connectivity index (χ1v) is 5.45. The molecule has 7 nitrogen and oxygen atoms in total. The molecule has 0 aromatic heterocycles. The second kappa shape index (κ2) is 109. The van der Waals surface area contributed by atoms with Crippen LogP contribution in [0.3, 0.4) is 0 Å². The summed E-state index contributed by atoms with van der Waals surface area (Å²) in [5.41, 5.74) is 0. The van der Waals surface area contributed by atoms with Gasteiger partial charge in [0.15, 0.2) is 0 Å². The molecular formula is C15H25NO6Ru-6. The molecule has 23 heavy (non-hydrogen) atoms. The van der Waals surface area contributed by atoms with Gasteiger partial charge in [-0.1, -0.05) is 19.1 Å². The van der Waals surface area contributed by atoms with Gasteiger partial charge >= 0.3 is 0 Å². The molecule has 1 unspecified atom stereocenters. The molecule has 0 spiro atoms. The molecule has 0 aliphatic heterocycles. The van der Waals surface area contributed by atoms with E-state index in [1.54, 1.807) is 0 Å². The minimum Gasteiger partial charge on any atom is -0.545 e. The predicted molar refractivity (Wildman–Crippen MR) is 87.7 cm³/mol. The van der Waals surface area contributed by atoms with Crippen LogP contribution in [0.2, 0.25) is 0 Å². The Labute approximate surface area is 153 Å². The number of hydrogen-bond acceptors (Lipinski definition) is 7. The summed E-state index contributed by atoms with van der Waals surface area (Å²) in [5, 5.41) is 0. The van der Waals surface area contributed by atoms with E-state index in [0.717, 1.165) is 6.54 Å². The average molecular weight is 416 g/mol. The Morgan fingerprint density at radius 1 is 0.826 bits per heavy atom. The summed E-state index contributed by atoms with van der Waals surface area (Å²) in [5.74, 6) is 0. The van der Waals surface area contributed by atoms with Crippen LogP contribution >= 0.6 is 0 Å². The molecule has 1 atom stereocenters. The Morgan fingerprint density at radius 2 is 1.09 bits per heavy atom. The van der Waals surface area contributed by atoms with Crippen LogP contribution in [0.1, 0.15) is 27.2 Å². The van der Waals surface area contributed by atoms with Gasteiger partial charge < -0.3 is 33.7 Å². The standard InChI is InChI=1S/C9H19N.6CHO.Ru/c1-5-7-8-10(4)9(3)6-2;6*1-2;/h5,7,9H,6,8H2,1-4H3;6*1H;/q;6*-1;. The zero-order valence-corrected chi connectivity index (χ0v) is 15.6. The molecule has 8 heteroatoms. The molecule has 0 fully saturated rings. The van der Waals surface area contributed by atoms with Gasteiger partial charge in [-0.2, -0.15) is 0 Å². The van der Waals surface area contributed by atoms with Crippen LogP contribution in [0, 0.1) is 0 Å². The van der Waals surface area contributed by atoms with E-state index in [-0.39, 0.29) is 19.5 Å². The van der Waals surface area contributed by atoms with E-state index in [0.29, 0.717) is 6.04 Å². The monoisotopic (exact) mass is 417 g/mol. The van der Waals surface area contributed by atoms with Crippen LogP contribution in [0.25, 0.3) is 0 Å². The Bertz CT molecular complexity index is 172. The zero-order valence-electron chi connectivity index (χ0n) is 13.9. The van der Waals surface area contributed by atoms with Gasteiger partial charge in [-0.25, -0.2) is 0 Å². The number of nitrogens with zero attached hydrogens (tertiary/aromatic N) is 1. The zero-order chi connectivity index (χ0) is 20.0. The van der Waals surface area contributed by atoms with Gasteiger partial charge in [0.1, 0.15) is 0 Å². The fourth-order valence-electron chi connectivity index (χ4n) is 0.763. The maximum Gasteiger partial charge on any atom is 0.0162 e. The molecule has 0 aromatic carbocycles. The van der Waals surface area contributed by atoms with Crippen molar-refractivity contribution in [2.24, 2.45) is 0 Å². The Kier molecular flexibility index (Phi) is 236. The molecule has 0 saturated heterocycles. The molecule has 0 aromatic rings. The summed E-state index contributed by atoms with van der Waals surface area (Å²) in [6.07, 6.45) is 5.51. The smallest absolute Gasteiger partial charge is 0.0162 e. The van der Waals surface area contributed by atoms with Crippen LogP contribution in [-0.4, -0.2) is 65.3 Å². The molecule has 0 radical (unpaired) electrons. The van der Waals surface area contributed by atoms with Crippen molar-refractivity contribution in [1.29, 1.82) is 0 Å². The molecule has 0 heterocycles. The number of likely N-dealkylation sites (N-methyl/N-ethyl adjacent to an activating group) is 1. The largest absolute Gasteiger partial charge is 0.545 e. The third-order valence-corrected chi connectivity index (χ3v) is 1.97. The topological polar surface area (TPSA) is 106 Å². The molecule has 0 bridgehead atoms. The van der Waals surface area contributed by atoms with Crippen molar-refractivity contribution >= 4 is 40.7 Å². The molecule has 0 aliphatic carbocycles. The van der Waals surface area contributed by atoms with Gasteiger partial charge in [0.2, 0.25) is 0 Å². The average Bonchev–Trinajstić information content (AvgIpc) is 2.68. The Balaban J connectivity index is -0.0000000245. The summed E-state index contributed by atoms with van der Waals surface area (Å²) in [6.45, 7) is 27.1. The van der Waals surface area contributed by atoms with E-state index in [9.17, 15) is 0 Å². The van der Waals surface area contributed by atoms with Crippen LogP contribution < -0.4 is 0 Å². The van der Waals surface area contributed by atoms with E-state index >= 15 is 0 Å². The SMILES string of the molecule is CC=CCN(C)C(C)CC.[CH-]=O.[CH-]=O.[CH-]=O.[CH-]=O.[CH-]=O.[CH-]=O.[Ru]. The minimum atomic E-state index is 0. The summed E-state index contributed by atoms with van der Waals surface area (Å²) < 4.78 is 0. The van der Waals surface area contributed by atoms with E-state index in [1.165, 1.54) is 6.42 Å². The minimum absolute atomic E-state index is 0. The molecular weight excluding hydrogens is 391 g/mol. The van der Waals surface area contributed by atoms with Crippen molar-refractivity contribution < 1.29 is 48.2 Å². The normalized spacial score (nSPS) is 7.52. The van der Waals surface area contributed by atoms with Crippen molar-refractivity contribution in [3.63, 3.8) is 0 Å². The van der Waals surface area contributed by atoms with E-state index < -0.39 is 0 Å². The van der Waals surface area contributed by atoms with Gasteiger partial charge in [-0.05, 0) is 27.3 Å². The van der Waals surface area contributed by atoms with E-state index in [4.69, 9.17) is 28.8 Å². The van der Waals surface area contributed by atoms with Gasteiger partial charge in [0.05, 0.1) is 0 Å². The fourth-order valence-corrected chi connectivity index (χ4v) is 0.763. The number of carbonyl (C=O) groups excluding carboxylic acids is 6. The third kappa shape index (κ3) is 98.3. The quantitative estimate of drug-likeness (QED) is 0.287. The summed E-state index contributed by atoms with van der Waals surface area (Å²) in [4.78, 5) is 48.8. The van der Waals surface area contributed by atoms with Crippen LogP contribution in [0.4, 0.5) is 0 Å². The van der Waals surface area contributed by atoms with Crippen molar-refractivity contribution in [2.75, 3.05) is 13.6 Å². The molecule has 0 aliphatic rings. The van der Waals surface area contributed by atoms with Gasteiger partial charge in [-0.3, -0.25) is 40.7 Å². The first-order valence-electron chi connectivity index (χ1n) is 5.45. The number of hydrogen-bond donors (Lipinski definition) is 0. The van der Waals surface area contributed by atoms with Crippen molar-refractivity contribution in [2.45, 2.75) is 33.2 Å². The van der Waals surface area contributed by atoms with Crippen molar-refractivity contribution in [3.05, 3.63) is 12.2 Å². The summed E-state index contributed by atoms with van der Waals surface area (Å²) in [6, 6.07) is 0.705. The number of allylic oxidation sites excluding steroid dienone is 1. The fraction of sp³-hybridized carbons (Fsp3) is 0.467. The molecule has 0 rings (SSSR count). The van der Waals surface area contributed by atoms with Crippen LogP contribution in [0.5, 0.6) is 0 Å². The second-order valence-corrected chi connectivity index (χ2v) is 2.77. The summed E-state index contributed by atoms with van der Waals surface area (Å²) in [7, 11) is 2.16. The Morgan fingerprint density at radius 3 is 1.26 bits per heavy atom. The van der Waals surface area contributed by atoms with Gasteiger partial charge in [0, 0.05) is 32.1 Å². The number of rotatable bonds is 4.